The number of hydrogen-bond acceptors (Lipinski definition) is 4. The second kappa shape index (κ2) is 7.54. The van der Waals surface area contributed by atoms with Gasteiger partial charge in [-0.05, 0) is 23.6 Å². The molecule has 1 atom stereocenters. The Bertz CT molecular complexity index is 476. The van der Waals surface area contributed by atoms with Crippen molar-refractivity contribution in [2.75, 3.05) is 38.2 Å². The van der Waals surface area contributed by atoms with Crippen molar-refractivity contribution in [3.05, 3.63) is 29.8 Å². The molecule has 0 aliphatic carbocycles. The van der Waals surface area contributed by atoms with Crippen LogP contribution in [0.25, 0.3) is 0 Å². The first-order chi connectivity index (χ1) is 10.1. The van der Waals surface area contributed by atoms with Crippen LogP contribution in [-0.2, 0) is 9.53 Å². The monoisotopic (exact) mass is 292 g/mol. The molecule has 1 aromatic rings. The summed E-state index contributed by atoms with van der Waals surface area (Å²) in [6.45, 7) is 6.45. The summed E-state index contributed by atoms with van der Waals surface area (Å²) in [7, 11) is 0. The van der Waals surface area contributed by atoms with Gasteiger partial charge in [0, 0.05) is 18.8 Å². The average molecular weight is 292 g/mol. The first-order valence-electron chi connectivity index (χ1n) is 7.43. The van der Waals surface area contributed by atoms with Crippen LogP contribution in [0.3, 0.4) is 0 Å². The van der Waals surface area contributed by atoms with E-state index in [1.807, 2.05) is 23.1 Å². The van der Waals surface area contributed by atoms with Gasteiger partial charge in [0.25, 0.3) is 0 Å². The van der Waals surface area contributed by atoms with E-state index >= 15 is 0 Å². The molecule has 1 amide bonds. The number of ether oxygens (including phenoxy) is 1. The van der Waals surface area contributed by atoms with E-state index < -0.39 is 0 Å². The van der Waals surface area contributed by atoms with Crippen LogP contribution < -0.4 is 5.32 Å². The fourth-order valence-electron chi connectivity index (χ4n) is 2.41. The quantitative estimate of drug-likeness (QED) is 0.862. The van der Waals surface area contributed by atoms with Gasteiger partial charge in [-0.25, -0.2) is 0 Å². The molecule has 0 radical (unpaired) electrons. The van der Waals surface area contributed by atoms with Crippen molar-refractivity contribution in [2.45, 2.75) is 25.9 Å². The molecule has 0 spiro atoms. The summed E-state index contributed by atoms with van der Waals surface area (Å²) >= 11 is 0. The third-order valence-electron chi connectivity index (χ3n) is 3.63. The number of amides is 1. The minimum atomic E-state index is -0.184. The molecule has 0 bridgehead atoms. The summed E-state index contributed by atoms with van der Waals surface area (Å²) in [6, 6.07) is 7.94. The van der Waals surface area contributed by atoms with Crippen molar-refractivity contribution in [2.24, 2.45) is 0 Å². The maximum Gasteiger partial charge on any atom is 0.238 e. The first kappa shape index (κ1) is 15.9. The predicted molar refractivity (Wildman–Crippen MR) is 82.4 cm³/mol. The number of carbonyl (C=O) groups is 1. The number of aliphatic hydroxyl groups excluding tert-OH is 1. The molecular weight excluding hydrogens is 268 g/mol. The maximum atomic E-state index is 12.1. The minimum absolute atomic E-state index is 0.00540. The molecule has 5 heteroatoms. The zero-order valence-electron chi connectivity index (χ0n) is 12.7. The van der Waals surface area contributed by atoms with Crippen molar-refractivity contribution in [1.82, 2.24) is 4.90 Å². The molecule has 1 aliphatic rings. The van der Waals surface area contributed by atoms with Crippen LogP contribution >= 0.6 is 0 Å². The van der Waals surface area contributed by atoms with E-state index in [4.69, 9.17) is 9.84 Å². The van der Waals surface area contributed by atoms with Crippen LogP contribution in [0, 0.1) is 0 Å². The molecule has 1 unspecified atom stereocenters. The Morgan fingerprint density at radius 3 is 3.05 bits per heavy atom. The van der Waals surface area contributed by atoms with Crippen LogP contribution in [0.2, 0.25) is 0 Å². The standard InChI is InChI=1S/C16H24N2O3/c1-12(2)13-4-3-5-14(8-13)17-16(20)10-18-6-7-21-15(9-18)11-19/h3-5,8,12,15,19H,6-7,9-11H2,1-2H3,(H,17,20). The summed E-state index contributed by atoms with van der Waals surface area (Å²) in [5, 5.41) is 12.0. The van der Waals surface area contributed by atoms with Crippen molar-refractivity contribution >= 4 is 11.6 Å². The second-order valence-electron chi connectivity index (χ2n) is 5.74. The summed E-state index contributed by atoms with van der Waals surface area (Å²) < 4.78 is 5.38. The lowest BCUT2D eigenvalue weighted by Gasteiger charge is -2.31. The highest BCUT2D eigenvalue weighted by atomic mass is 16.5. The summed E-state index contributed by atoms with van der Waals surface area (Å²) in [5.41, 5.74) is 2.04. The molecule has 0 aromatic heterocycles. The van der Waals surface area contributed by atoms with Gasteiger partial charge in [-0.3, -0.25) is 9.69 Å². The number of rotatable bonds is 5. The molecule has 1 aliphatic heterocycles. The lowest BCUT2D eigenvalue weighted by Crippen LogP contribution is -2.46. The SMILES string of the molecule is CC(C)c1cccc(NC(=O)CN2CCOC(CO)C2)c1. The molecule has 21 heavy (non-hydrogen) atoms. The highest BCUT2D eigenvalue weighted by Gasteiger charge is 2.21. The van der Waals surface area contributed by atoms with E-state index in [9.17, 15) is 4.79 Å². The molecule has 2 rings (SSSR count). The molecular formula is C16H24N2O3. The number of nitrogens with zero attached hydrogens (tertiary/aromatic N) is 1. The van der Waals surface area contributed by atoms with Gasteiger partial charge in [-0.15, -0.1) is 0 Å². The van der Waals surface area contributed by atoms with Gasteiger partial charge in [-0.2, -0.15) is 0 Å². The van der Waals surface area contributed by atoms with Crippen molar-refractivity contribution in [1.29, 1.82) is 0 Å². The van der Waals surface area contributed by atoms with Crippen molar-refractivity contribution < 1.29 is 14.6 Å². The molecule has 1 aromatic carbocycles. The zero-order valence-corrected chi connectivity index (χ0v) is 12.7. The average Bonchev–Trinajstić information content (AvgIpc) is 2.47. The van der Waals surface area contributed by atoms with E-state index in [2.05, 4.69) is 25.2 Å². The summed E-state index contributed by atoms with van der Waals surface area (Å²) in [4.78, 5) is 14.1. The third-order valence-corrected chi connectivity index (χ3v) is 3.63. The largest absolute Gasteiger partial charge is 0.394 e. The molecule has 1 fully saturated rings. The Balaban J connectivity index is 1.88. The smallest absolute Gasteiger partial charge is 0.238 e. The first-order valence-corrected chi connectivity index (χ1v) is 7.43. The maximum absolute atomic E-state index is 12.1. The lowest BCUT2D eigenvalue weighted by molar-refractivity contribution is -0.120. The van der Waals surface area contributed by atoms with Crippen molar-refractivity contribution in [3.8, 4) is 0 Å². The van der Waals surface area contributed by atoms with Crippen LogP contribution in [0.15, 0.2) is 24.3 Å². The van der Waals surface area contributed by atoms with E-state index in [0.717, 1.165) is 12.2 Å². The fourth-order valence-corrected chi connectivity index (χ4v) is 2.41. The van der Waals surface area contributed by atoms with Gasteiger partial charge in [0.2, 0.25) is 5.91 Å². The van der Waals surface area contributed by atoms with Crippen molar-refractivity contribution in [3.63, 3.8) is 0 Å². The number of anilines is 1. The lowest BCUT2D eigenvalue weighted by atomic mass is 10.0. The summed E-state index contributed by atoms with van der Waals surface area (Å²) in [6.07, 6.45) is -0.184. The van der Waals surface area contributed by atoms with E-state index in [1.165, 1.54) is 5.56 Å². The number of morpholine rings is 1. The number of aliphatic hydroxyl groups is 1. The number of benzene rings is 1. The second-order valence-corrected chi connectivity index (χ2v) is 5.74. The van der Waals surface area contributed by atoms with E-state index in [0.29, 0.717) is 25.6 Å². The Morgan fingerprint density at radius 2 is 2.33 bits per heavy atom. The van der Waals surface area contributed by atoms with E-state index in [-0.39, 0.29) is 18.6 Å². The van der Waals surface area contributed by atoms with Gasteiger partial charge in [0.1, 0.15) is 0 Å². The summed E-state index contributed by atoms with van der Waals surface area (Å²) in [5.74, 6) is 0.404. The Labute approximate surface area is 125 Å². The van der Waals surface area contributed by atoms with Gasteiger partial charge < -0.3 is 15.2 Å². The molecule has 1 saturated heterocycles. The highest BCUT2D eigenvalue weighted by Crippen LogP contribution is 2.18. The Hall–Kier alpha value is -1.43. The van der Waals surface area contributed by atoms with Gasteiger partial charge in [-0.1, -0.05) is 26.0 Å². The van der Waals surface area contributed by atoms with Crippen LogP contribution in [0.4, 0.5) is 5.69 Å². The zero-order chi connectivity index (χ0) is 15.2. The van der Waals surface area contributed by atoms with Gasteiger partial charge in [0.15, 0.2) is 0 Å². The number of hydrogen-bond donors (Lipinski definition) is 2. The molecule has 116 valence electrons. The molecule has 2 N–H and O–H groups in total. The molecule has 5 nitrogen and oxygen atoms in total. The van der Waals surface area contributed by atoms with Crippen LogP contribution in [-0.4, -0.2) is 54.9 Å². The normalized spacial score (nSPS) is 19.7. The van der Waals surface area contributed by atoms with Crippen LogP contribution in [0.1, 0.15) is 25.3 Å². The number of nitrogens with one attached hydrogen (secondary N) is 1. The van der Waals surface area contributed by atoms with Gasteiger partial charge >= 0.3 is 0 Å². The molecule has 0 saturated carbocycles. The van der Waals surface area contributed by atoms with Gasteiger partial charge in [0.05, 0.1) is 25.9 Å². The Kier molecular flexibility index (Phi) is 5.73. The predicted octanol–water partition coefficient (Wildman–Crippen LogP) is 1.44. The third kappa shape index (κ3) is 4.81. The van der Waals surface area contributed by atoms with Crippen LogP contribution in [0.5, 0.6) is 0 Å². The highest BCUT2D eigenvalue weighted by molar-refractivity contribution is 5.92. The molecule has 1 heterocycles. The Morgan fingerprint density at radius 1 is 1.52 bits per heavy atom. The minimum Gasteiger partial charge on any atom is -0.394 e. The topological polar surface area (TPSA) is 61.8 Å². The fraction of sp³-hybridized carbons (Fsp3) is 0.562. The van der Waals surface area contributed by atoms with E-state index in [1.54, 1.807) is 0 Å². The number of carbonyl (C=O) groups excluding carboxylic acids is 1.